The third kappa shape index (κ3) is 3.83. The molecular formula is C19H17Cl2N3O2S. The van der Waals surface area contributed by atoms with Crippen LogP contribution in [0.25, 0.3) is 10.2 Å². The van der Waals surface area contributed by atoms with E-state index in [2.05, 4.69) is 4.90 Å². The van der Waals surface area contributed by atoms with Crippen LogP contribution < -0.4 is 9.77 Å². The normalized spacial score (nSPS) is 14.7. The van der Waals surface area contributed by atoms with Crippen molar-refractivity contribution in [2.24, 2.45) is 0 Å². The van der Waals surface area contributed by atoms with Gasteiger partial charge in [-0.05, 0) is 42.5 Å². The zero-order valence-corrected chi connectivity index (χ0v) is 16.7. The highest BCUT2D eigenvalue weighted by molar-refractivity contribution is 7.16. The van der Waals surface area contributed by atoms with E-state index >= 15 is 0 Å². The van der Waals surface area contributed by atoms with E-state index in [1.807, 2.05) is 35.2 Å². The lowest BCUT2D eigenvalue weighted by atomic mass is 10.2. The number of halogens is 2. The van der Waals surface area contributed by atoms with E-state index in [0.717, 1.165) is 34.8 Å². The molecule has 1 aromatic heterocycles. The van der Waals surface area contributed by atoms with Gasteiger partial charge in [0.05, 0.1) is 10.2 Å². The van der Waals surface area contributed by atoms with Crippen LogP contribution in [0.2, 0.25) is 10.0 Å². The second-order valence-electron chi connectivity index (χ2n) is 6.41. The van der Waals surface area contributed by atoms with Crippen molar-refractivity contribution in [3.8, 4) is 0 Å². The predicted octanol–water partition coefficient (Wildman–Crippen LogP) is 3.72. The van der Waals surface area contributed by atoms with Crippen molar-refractivity contribution >= 4 is 56.3 Å². The summed E-state index contributed by atoms with van der Waals surface area (Å²) in [4.78, 5) is 28.9. The van der Waals surface area contributed by atoms with Crippen molar-refractivity contribution in [1.29, 1.82) is 0 Å². The quantitative estimate of drug-likeness (QED) is 0.647. The highest BCUT2D eigenvalue weighted by Gasteiger charge is 2.22. The molecule has 1 saturated heterocycles. The molecule has 2 heterocycles. The average molecular weight is 422 g/mol. The third-order valence-corrected chi connectivity index (χ3v) is 6.19. The Balaban J connectivity index is 1.44. The van der Waals surface area contributed by atoms with E-state index in [1.54, 1.807) is 12.1 Å². The third-order valence-electron chi connectivity index (χ3n) is 4.75. The van der Waals surface area contributed by atoms with E-state index < -0.39 is 0 Å². The molecule has 5 nitrogen and oxygen atoms in total. The number of fused-ring (bicyclic) bond motifs is 1. The maximum Gasteiger partial charge on any atom is 0.308 e. The maximum absolute atomic E-state index is 12.7. The molecule has 140 valence electrons. The molecule has 0 unspecified atom stereocenters. The van der Waals surface area contributed by atoms with Crippen molar-refractivity contribution in [2.75, 3.05) is 31.1 Å². The SMILES string of the molecule is O=C(Cn1c(=O)sc2ccc(Cl)cc21)N1CCN(c2ccc(Cl)cc2)CC1. The van der Waals surface area contributed by atoms with Crippen LogP contribution in [0.3, 0.4) is 0 Å². The van der Waals surface area contributed by atoms with Gasteiger partial charge in [-0.15, -0.1) is 0 Å². The van der Waals surface area contributed by atoms with Gasteiger partial charge in [0.15, 0.2) is 0 Å². The van der Waals surface area contributed by atoms with Crippen LogP contribution >= 0.6 is 34.5 Å². The Hall–Kier alpha value is -2.02. The van der Waals surface area contributed by atoms with Gasteiger partial charge >= 0.3 is 4.87 Å². The molecule has 2 aromatic carbocycles. The average Bonchev–Trinajstić information content (AvgIpc) is 2.97. The number of carbonyl (C=O) groups excluding carboxylic acids is 1. The number of anilines is 1. The number of benzene rings is 2. The highest BCUT2D eigenvalue weighted by Crippen LogP contribution is 2.22. The van der Waals surface area contributed by atoms with Gasteiger partial charge in [0, 0.05) is 41.9 Å². The van der Waals surface area contributed by atoms with E-state index in [9.17, 15) is 9.59 Å². The fourth-order valence-electron chi connectivity index (χ4n) is 3.29. The highest BCUT2D eigenvalue weighted by atomic mass is 35.5. The molecule has 0 radical (unpaired) electrons. The number of hydrogen-bond acceptors (Lipinski definition) is 4. The molecule has 1 fully saturated rings. The van der Waals surface area contributed by atoms with Crippen LogP contribution in [-0.4, -0.2) is 41.6 Å². The van der Waals surface area contributed by atoms with E-state index in [1.165, 1.54) is 4.57 Å². The van der Waals surface area contributed by atoms with Gasteiger partial charge in [0.1, 0.15) is 6.54 Å². The number of hydrogen-bond donors (Lipinski definition) is 0. The van der Waals surface area contributed by atoms with Gasteiger partial charge in [0.2, 0.25) is 5.91 Å². The first kappa shape index (κ1) is 18.3. The van der Waals surface area contributed by atoms with Crippen LogP contribution in [0.5, 0.6) is 0 Å². The first-order chi connectivity index (χ1) is 13.0. The van der Waals surface area contributed by atoms with Crippen molar-refractivity contribution < 1.29 is 4.79 Å². The van der Waals surface area contributed by atoms with Crippen molar-refractivity contribution in [1.82, 2.24) is 9.47 Å². The standard InChI is InChI=1S/C19H17Cl2N3O2S/c20-13-1-4-15(5-2-13)22-7-9-23(10-8-22)18(25)12-24-16-11-14(21)3-6-17(16)27-19(24)26/h1-6,11H,7-10,12H2. The van der Waals surface area contributed by atoms with Crippen molar-refractivity contribution in [3.63, 3.8) is 0 Å². The first-order valence-corrected chi connectivity index (χ1v) is 10.2. The number of piperazine rings is 1. The molecule has 1 amide bonds. The molecule has 0 bridgehead atoms. The first-order valence-electron chi connectivity index (χ1n) is 8.58. The van der Waals surface area contributed by atoms with Crippen molar-refractivity contribution in [2.45, 2.75) is 6.54 Å². The summed E-state index contributed by atoms with van der Waals surface area (Å²) in [5.74, 6) is -0.0486. The topological polar surface area (TPSA) is 45.6 Å². The summed E-state index contributed by atoms with van der Waals surface area (Å²) in [5, 5.41) is 1.26. The summed E-state index contributed by atoms with van der Waals surface area (Å²) >= 11 is 13.1. The lowest BCUT2D eigenvalue weighted by Gasteiger charge is -2.36. The molecule has 1 aliphatic rings. The van der Waals surface area contributed by atoms with Crippen LogP contribution in [0.15, 0.2) is 47.3 Å². The van der Waals surface area contributed by atoms with Gasteiger partial charge < -0.3 is 9.80 Å². The second-order valence-corrected chi connectivity index (χ2v) is 8.28. The molecule has 8 heteroatoms. The number of thiazole rings is 1. The van der Waals surface area contributed by atoms with Gasteiger partial charge in [-0.1, -0.05) is 34.5 Å². The molecule has 0 atom stereocenters. The number of nitrogens with zero attached hydrogens (tertiary/aromatic N) is 3. The molecule has 27 heavy (non-hydrogen) atoms. The molecule has 0 spiro atoms. The zero-order chi connectivity index (χ0) is 19.0. The minimum absolute atomic E-state index is 0.0418. The Morgan fingerprint density at radius 3 is 2.33 bits per heavy atom. The van der Waals surface area contributed by atoms with E-state index in [4.69, 9.17) is 23.2 Å². The molecule has 3 aromatic rings. The predicted molar refractivity (Wildman–Crippen MR) is 111 cm³/mol. The van der Waals surface area contributed by atoms with Crippen LogP contribution in [0.1, 0.15) is 0 Å². The summed E-state index contributed by atoms with van der Waals surface area (Å²) in [5.41, 5.74) is 1.81. The molecule has 0 aliphatic carbocycles. The molecule has 1 aliphatic heterocycles. The molecule has 0 saturated carbocycles. The number of aromatic nitrogens is 1. The Morgan fingerprint density at radius 1 is 0.963 bits per heavy atom. The Bertz CT molecular complexity index is 1040. The summed E-state index contributed by atoms with van der Waals surface area (Å²) in [6, 6.07) is 13.0. The fraction of sp³-hybridized carbons (Fsp3) is 0.263. The van der Waals surface area contributed by atoms with Gasteiger partial charge in [-0.25, -0.2) is 0 Å². The maximum atomic E-state index is 12.7. The molecular weight excluding hydrogens is 405 g/mol. The zero-order valence-electron chi connectivity index (χ0n) is 14.4. The van der Waals surface area contributed by atoms with Crippen LogP contribution in [0.4, 0.5) is 5.69 Å². The number of rotatable bonds is 3. The Labute approximate surface area is 170 Å². The van der Waals surface area contributed by atoms with Gasteiger partial charge in [0.25, 0.3) is 0 Å². The van der Waals surface area contributed by atoms with Crippen LogP contribution in [-0.2, 0) is 11.3 Å². The second kappa shape index (κ2) is 7.54. The van der Waals surface area contributed by atoms with Crippen molar-refractivity contribution in [3.05, 3.63) is 62.2 Å². The minimum atomic E-state index is -0.139. The monoisotopic (exact) mass is 421 g/mol. The summed E-state index contributed by atoms with van der Waals surface area (Å²) < 4.78 is 2.35. The van der Waals surface area contributed by atoms with E-state index in [0.29, 0.717) is 28.7 Å². The van der Waals surface area contributed by atoms with Gasteiger partial charge in [-0.3, -0.25) is 14.2 Å². The lowest BCUT2D eigenvalue weighted by Crippen LogP contribution is -2.50. The fourth-order valence-corrected chi connectivity index (χ4v) is 4.45. The summed E-state index contributed by atoms with van der Waals surface area (Å²) in [7, 11) is 0. The van der Waals surface area contributed by atoms with E-state index in [-0.39, 0.29) is 17.3 Å². The minimum Gasteiger partial charge on any atom is -0.368 e. The Kier molecular flexibility index (Phi) is 5.12. The van der Waals surface area contributed by atoms with Crippen LogP contribution in [0, 0.1) is 0 Å². The Morgan fingerprint density at radius 2 is 1.63 bits per heavy atom. The summed E-state index contributed by atoms with van der Waals surface area (Å²) in [6.45, 7) is 2.79. The number of carbonyl (C=O) groups is 1. The largest absolute Gasteiger partial charge is 0.368 e. The molecule has 0 N–H and O–H groups in total. The summed E-state index contributed by atoms with van der Waals surface area (Å²) in [6.07, 6.45) is 0. The molecule has 4 rings (SSSR count). The smallest absolute Gasteiger partial charge is 0.308 e. The lowest BCUT2D eigenvalue weighted by molar-refractivity contribution is -0.132. The van der Waals surface area contributed by atoms with Gasteiger partial charge in [-0.2, -0.15) is 0 Å². The number of amides is 1.